The van der Waals surface area contributed by atoms with Crippen LogP contribution in [-0.4, -0.2) is 21.3 Å². The fourth-order valence-corrected chi connectivity index (χ4v) is 3.30. The Morgan fingerprint density at radius 1 is 1.25 bits per heavy atom. The average molecular weight is 282 g/mol. The molecule has 4 heterocycles. The van der Waals surface area contributed by atoms with Crippen molar-refractivity contribution in [3.05, 3.63) is 53.7 Å². The maximum absolute atomic E-state index is 4.78. The minimum atomic E-state index is 0.223. The van der Waals surface area contributed by atoms with Gasteiger partial charge in [-0.1, -0.05) is 12.1 Å². The lowest BCUT2D eigenvalue weighted by molar-refractivity contribution is 0.473. The van der Waals surface area contributed by atoms with Crippen molar-refractivity contribution in [3.8, 4) is 10.6 Å². The van der Waals surface area contributed by atoms with Crippen LogP contribution in [0.4, 0.5) is 5.82 Å². The molecule has 0 fully saturated rings. The first-order valence-electron chi connectivity index (χ1n) is 6.70. The number of fused-ring (bicyclic) bond motifs is 1. The van der Waals surface area contributed by atoms with Crippen molar-refractivity contribution in [2.75, 3.05) is 11.9 Å². The first-order chi connectivity index (χ1) is 9.92. The molecule has 1 unspecified atom stereocenters. The van der Waals surface area contributed by atoms with E-state index in [-0.39, 0.29) is 6.04 Å². The molecule has 1 aliphatic rings. The van der Waals surface area contributed by atoms with Gasteiger partial charge in [-0.05, 0) is 30.0 Å². The molecule has 0 amide bonds. The summed E-state index contributed by atoms with van der Waals surface area (Å²) < 4.78 is 2.07. The molecule has 4 nitrogen and oxygen atoms in total. The summed E-state index contributed by atoms with van der Waals surface area (Å²) in [6.07, 6.45) is 2.86. The third-order valence-electron chi connectivity index (χ3n) is 3.56. The predicted octanol–water partition coefficient (Wildman–Crippen LogP) is 3.41. The second-order valence-corrected chi connectivity index (χ2v) is 5.77. The lowest BCUT2D eigenvalue weighted by Crippen LogP contribution is -2.24. The molecule has 0 radical (unpaired) electrons. The van der Waals surface area contributed by atoms with Crippen LogP contribution >= 0.6 is 11.3 Å². The summed E-state index contributed by atoms with van der Waals surface area (Å²) >= 11 is 1.72. The Morgan fingerprint density at radius 3 is 3.05 bits per heavy atom. The monoisotopic (exact) mass is 282 g/mol. The van der Waals surface area contributed by atoms with Crippen molar-refractivity contribution in [2.45, 2.75) is 12.5 Å². The normalized spacial score (nSPS) is 17.5. The molecule has 0 saturated carbocycles. The molecule has 5 heteroatoms. The van der Waals surface area contributed by atoms with Gasteiger partial charge in [0, 0.05) is 18.8 Å². The van der Waals surface area contributed by atoms with Crippen LogP contribution in [0.25, 0.3) is 10.6 Å². The van der Waals surface area contributed by atoms with Crippen LogP contribution in [0.2, 0.25) is 0 Å². The number of thiophene rings is 1. The van der Waals surface area contributed by atoms with Gasteiger partial charge >= 0.3 is 0 Å². The summed E-state index contributed by atoms with van der Waals surface area (Å²) in [6.45, 7) is 0.955. The van der Waals surface area contributed by atoms with E-state index in [1.54, 1.807) is 11.3 Å². The number of hydrogen-bond acceptors (Lipinski definition) is 4. The van der Waals surface area contributed by atoms with Crippen LogP contribution in [0.3, 0.4) is 0 Å². The second-order valence-electron chi connectivity index (χ2n) is 4.82. The molecule has 3 aromatic rings. The highest BCUT2D eigenvalue weighted by atomic mass is 32.1. The molecule has 3 aromatic heterocycles. The lowest BCUT2D eigenvalue weighted by atomic mass is 10.1. The van der Waals surface area contributed by atoms with Crippen molar-refractivity contribution in [1.29, 1.82) is 0 Å². The van der Waals surface area contributed by atoms with E-state index in [1.165, 1.54) is 4.88 Å². The molecule has 1 N–H and O–H groups in total. The largest absolute Gasteiger partial charge is 0.370 e. The van der Waals surface area contributed by atoms with E-state index < -0.39 is 0 Å². The molecule has 4 rings (SSSR count). The molecule has 0 saturated heterocycles. The van der Waals surface area contributed by atoms with Crippen LogP contribution in [0.5, 0.6) is 0 Å². The van der Waals surface area contributed by atoms with E-state index in [9.17, 15) is 0 Å². The first-order valence-corrected chi connectivity index (χ1v) is 7.58. The lowest BCUT2D eigenvalue weighted by Gasteiger charge is -2.25. The average Bonchev–Trinajstić information content (AvgIpc) is 3.16. The predicted molar refractivity (Wildman–Crippen MR) is 81.0 cm³/mol. The standard InChI is InChI=1S/C15H14N4S/c1-2-7-16-11(4-1)13-6-8-17-15-10-12(18-19(13)15)14-5-3-9-20-14/h1-5,7,9-10,13,17H,6,8H2. The highest BCUT2D eigenvalue weighted by Gasteiger charge is 2.24. The summed E-state index contributed by atoms with van der Waals surface area (Å²) in [6, 6.07) is 12.6. The highest BCUT2D eigenvalue weighted by molar-refractivity contribution is 7.13. The van der Waals surface area contributed by atoms with Gasteiger partial charge < -0.3 is 5.32 Å². The van der Waals surface area contributed by atoms with Gasteiger partial charge in [0.2, 0.25) is 0 Å². The SMILES string of the molecule is c1ccc(C2CCNc3cc(-c4cccs4)nn32)nc1. The molecule has 0 spiro atoms. The third-order valence-corrected chi connectivity index (χ3v) is 4.45. The molecular weight excluding hydrogens is 268 g/mol. The van der Waals surface area contributed by atoms with Gasteiger partial charge in [-0.25, -0.2) is 4.68 Å². The maximum Gasteiger partial charge on any atom is 0.125 e. The van der Waals surface area contributed by atoms with E-state index >= 15 is 0 Å². The second kappa shape index (κ2) is 4.76. The zero-order valence-electron chi connectivity index (χ0n) is 10.9. The van der Waals surface area contributed by atoms with Gasteiger partial charge in [-0.3, -0.25) is 4.98 Å². The van der Waals surface area contributed by atoms with Gasteiger partial charge in [0.1, 0.15) is 11.5 Å². The molecule has 1 atom stereocenters. The summed E-state index contributed by atoms with van der Waals surface area (Å²) in [5, 5.41) is 10.3. The minimum absolute atomic E-state index is 0.223. The van der Waals surface area contributed by atoms with E-state index in [2.05, 4.69) is 44.6 Å². The van der Waals surface area contributed by atoms with Gasteiger partial charge in [-0.15, -0.1) is 11.3 Å². The summed E-state index contributed by atoms with van der Waals surface area (Å²) in [5.41, 5.74) is 2.11. The molecule has 0 bridgehead atoms. The summed E-state index contributed by atoms with van der Waals surface area (Å²) in [7, 11) is 0. The number of nitrogens with zero attached hydrogens (tertiary/aromatic N) is 3. The Hall–Kier alpha value is -2.14. The van der Waals surface area contributed by atoms with Crippen LogP contribution in [-0.2, 0) is 0 Å². The molecule has 0 aliphatic carbocycles. The fourth-order valence-electron chi connectivity index (χ4n) is 2.61. The van der Waals surface area contributed by atoms with Crippen molar-refractivity contribution in [2.24, 2.45) is 0 Å². The van der Waals surface area contributed by atoms with Crippen molar-refractivity contribution >= 4 is 17.2 Å². The third kappa shape index (κ3) is 1.91. The number of pyridine rings is 1. The van der Waals surface area contributed by atoms with Gasteiger partial charge in [-0.2, -0.15) is 5.10 Å². The van der Waals surface area contributed by atoms with Gasteiger partial charge in [0.25, 0.3) is 0 Å². The smallest absolute Gasteiger partial charge is 0.125 e. The van der Waals surface area contributed by atoms with Gasteiger partial charge in [0.05, 0.1) is 16.6 Å². The minimum Gasteiger partial charge on any atom is -0.370 e. The van der Waals surface area contributed by atoms with E-state index in [4.69, 9.17) is 5.10 Å². The van der Waals surface area contributed by atoms with Crippen molar-refractivity contribution < 1.29 is 0 Å². The quantitative estimate of drug-likeness (QED) is 0.783. The molecule has 100 valence electrons. The van der Waals surface area contributed by atoms with Crippen LogP contribution in [0.1, 0.15) is 18.2 Å². The zero-order valence-corrected chi connectivity index (χ0v) is 11.7. The Balaban J connectivity index is 1.78. The Morgan fingerprint density at radius 2 is 2.25 bits per heavy atom. The first kappa shape index (κ1) is 11.7. The Labute approximate surface area is 121 Å². The summed E-state index contributed by atoms with van der Waals surface area (Å²) in [4.78, 5) is 5.69. The highest BCUT2D eigenvalue weighted by Crippen LogP contribution is 2.33. The van der Waals surface area contributed by atoms with Crippen LogP contribution in [0, 0.1) is 0 Å². The Bertz CT molecular complexity index is 703. The van der Waals surface area contributed by atoms with Crippen LogP contribution < -0.4 is 5.32 Å². The zero-order chi connectivity index (χ0) is 13.4. The summed E-state index contributed by atoms with van der Waals surface area (Å²) in [5.74, 6) is 1.08. The number of nitrogens with one attached hydrogen (secondary N) is 1. The molecule has 20 heavy (non-hydrogen) atoms. The number of rotatable bonds is 2. The molecular formula is C15H14N4S. The topological polar surface area (TPSA) is 42.7 Å². The molecule has 1 aliphatic heterocycles. The van der Waals surface area contributed by atoms with Crippen LogP contribution in [0.15, 0.2) is 48.0 Å². The fraction of sp³-hybridized carbons (Fsp3) is 0.200. The van der Waals surface area contributed by atoms with Crippen molar-refractivity contribution in [3.63, 3.8) is 0 Å². The van der Waals surface area contributed by atoms with Crippen molar-refractivity contribution in [1.82, 2.24) is 14.8 Å². The Kier molecular flexibility index (Phi) is 2.77. The van der Waals surface area contributed by atoms with E-state index in [1.807, 2.05) is 18.3 Å². The van der Waals surface area contributed by atoms with E-state index in [0.717, 1.165) is 30.2 Å². The maximum atomic E-state index is 4.78. The van der Waals surface area contributed by atoms with E-state index in [0.29, 0.717) is 0 Å². The number of anilines is 1. The number of aromatic nitrogens is 3. The number of hydrogen-bond donors (Lipinski definition) is 1. The van der Waals surface area contributed by atoms with Gasteiger partial charge in [0.15, 0.2) is 0 Å². The molecule has 0 aromatic carbocycles.